The lowest BCUT2D eigenvalue weighted by Crippen LogP contribution is -2.25. The molecule has 0 atom stereocenters. The molecule has 0 heterocycles. The molecule has 0 aromatic rings. The molecule has 100 valence electrons. The second kappa shape index (κ2) is 10.6. The van der Waals surface area contributed by atoms with Crippen LogP contribution in [0.3, 0.4) is 0 Å². The van der Waals surface area contributed by atoms with Crippen LogP contribution in [0.5, 0.6) is 0 Å². The molecule has 0 saturated carbocycles. The summed E-state index contributed by atoms with van der Waals surface area (Å²) in [5.41, 5.74) is 0. The zero-order chi connectivity index (χ0) is 13.1. The average molecular weight is 239 g/mol. The quantitative estimate of drug-likeness (QED) is 0.477. The Morgan fingerprint density at radius 2 is 1.82 bits per heavy atom. The van der Waals surface area contributed by atoms with Crippen molar-refractivity contribution in [2.24, 2.45) is 11.8 Å². The lowest BCUT2D eigenvalue weighted by molar-refractivity contribution is 0.127. The summed E-state index contributed by atoms with van der Waals surface area (Å²) in [5, 5.41) is 0. The van der Waals surface area contributed by atoms with Crippen LogP contribution in [0.15, 0.2) is 0 Å². The minimum absolute atomic E-state index is 0.472. The molecule has 0 radical (unpaired) electrons. The largest absolute Gasteiger partial charge is 0.380 e. The van der Waals surface area contributed by atoms with Crippen LogP contribution in [-0.4, -0.2) is 38.3 Å². The minimum atomic E-state index is 0.472. The van der Waals surface area contributed by atoms with E-state index in [2.05, 4.69) is 51.5 Å². The number of rotatable bonds is 8. The van der Waals surface area contributed by atoms with Crippen LogP contribution in [0.2, 0.25) is 0 Å². The van der Waals surface area contributed by atoms with Gasteiger partial charge in [-0.2, -0.15) is 0 Å². The van der Waals surface area contributed by atoms with E-state index in [1.807, 2.05) is 0 Å². The standard InChI is InChI=1S/C15H29NO/c1-14(2)9-6-7-11-17-12-8-10-16(5)13-15(3)4/h14-15H,7-8,10-13H2,1-5H3. The molecule has 0 bridgehead atoms. The van der Waals surface area contributed by atoms with E-state index in [1.54, 1.807) is 0 Å². The second-order valence-electron chi connectivity index (χ2n) is 5.35. The maximum absolute atomic E-state index is 5.54. The van der Waals surface area contributed by atoms with E-state index in [0.29, 0.717) is 5.92 Å². The summed E-state index contributed by atoms with van der Waals surface area (Å²) in [4.78, 5) is 2.37. The van der Waals surface area contributed by atoms with E-state index in [-0.39, 0.29) is 0 Å². The zero-order valence-electron chi connectivity index (χ0n) is 12.3. The van der Waals surface area contributed by atoms with Crippen molar-refractivity contribution in [3.63, 3.8) is 0 Å². The van der Waals surface area contributed by atoms with Crippen molar-refractivity contribution >= 4 is 0 Å². The fourth-order valence-electron chi connectivity index (χ4n) is 1.65. The highest BCUT2D eigenvalue weighted by Crippen LogP contribution is 1.97. The molecule has 0 rings (SSSR count). The van der Waals surface area contributed by atoms with Crippen LogP contribution >= 0.6 is 0 Å². The first-order chi connectivity index (χ1) is 8.02. The Labute approximate surface area is 108 Å². The van der Waals surface area contributed by atoms with Gasteiger partial charge >= 0.3 is 0 Å². The van der Waals surface area contributed by atoms with Gasteiger partial charge in [-0.15, -0.1) is 11.8 Å². The van der Waals surface area contributed by atoms with E-state index in [1.165, 1.54) is 6.54 Å². The summed E-state index contributed by atoms with van der Waals surface area (Å²) in [6, 6.07) is 0. The lowest BCUT2D eigenvalue weighted by atomic mass is 10.2. The van der Waals surface area contributed by atoms with Crippen LogP contribution in [0.1, 0.15) is 40.5 Å². The first-order valence-electron chi connectivity index (χ1n) is 6.77. The van der Waals surface area contributed by atoms with Crippen LogP contribution in [0.4, 0.5) is 0 Å². The molecular weight excluding hydrogens is 210 g/mol. The number of hydrogen-bond donors (Lipinski definition) is 0. The highest BCUT2D eigenvalue weighted by Gasteiger charge is 2.00. The van der Waals surface area contributed by atoms with Gasteiger partial charge in [-0.25, -0.2) is 0 Å². The van der Waals surface area contributed by atoms with Gasteiger partial charge in [-0.05, 0) is 19.4 Å². The number of hydrogen-bond acceptors (Lipinski definition) is 2. The summed E-state index contributed by atoms with van der Waals surface area (Å²) in [6.45, 7) is 12.6. The Morgan fingerprint density at radius 1 is 1.12 bits per heavy atom. The van der Waals surface area contributed by atoms with Gasteiger partial charge in [0.15, 0.2) is 0 Å². The molecule has 0 aliphatic heterocycles. The third-order valence-corrected chi connectivity index (χ3v) is 2.27. The Bertz CT molecular complexity index is 225. The van der Waals surface area contributed by atoms with Crippen molar-refractivity contribution in [3.05, 3.63) is 0 Å². The lowest BCUT2D eigenvalue weighted by Gasteiger charge is -2.18. The highest BCUT2D eigenvalue weighted by atomic mass is 16.5. The molecule has 0 aliphatic rings. The van der Waals surface area contributed by atoms with Crippen molar-refractivity contribution in [2.45, 2.75) is 40.5 Å². The molecule has 2 nitrogen and oxygen atoms in total. The van der Waals surface area contributed by atoms with Crippen LogP contribution in [0, 0.1) is 23.7 Å². The highest BCUT2D eigenvalue weighted by molar-refractivity contribution is 5.00. The van der Waals surface area contributed by atoms with E-state index in [0.717, 1.165) is 38.5 Å². The molecule has 0 aromatic heterocycles. The van der Waals surface area contributed by atoms with Crippen molar-refractivity contribution in [1.29, 1.82) is 0 Å². The van der Waals surface area contributed by atoms with E-state index in [4.69, 9.17) is 4.74 Å². The summed E-state index contributed by atoms with van der Waals surface area (Å²) in [6.07, 6.45) is 1.97. The monoisotopic (exact) mass is 239 g/mol. The zero-order valence-corrected chi connectivity index (χ0v) is 12.3. The fraction of sp³-hybridized carbons (Fsp3) is 0.867. The Morgan fingerprint density at radius 3 is 2.41 bits per heavy atom. The van der Waals surface area contributed by atoms with E-state index in [9.17, 15) is 0 Å². The van der Waals surface area contributed by atoms with Crippen LogP contribution in [-0.2, 0) is 4.74 Å². The molecule has 2 heteroatoms. The molecule has 0 spiro atoms. The maximum Gasteiger partial charge on any atom is 0.0575 e. The summed E-state index contributed by atoms with van der Waals surface area (Å²) in [7, 11) is 2.17. The Kier molecular flexibility index (Phi) is 10.3. The Balaban J connectivity index is 3.27. The van der Waals surface area contributed by atoms with Crippen LogP contribution < -0.4 is 0 Å². The summed E-state index contributed by atoms with van der Waals surface area (Å²) in [5.74, 6) is 7.48. The third-order valence-electron chi connectivity index (χ3n) is 2.27. The number of nitrogens with zero attached hydrogens (tertiary/aromatic N) is 1. The Hall–Kier alpha value is -0.520. The van der Waals surface area contributed by atoms with Crippen LogP contribution in [0.25, 0.3) is 0 Å². The van der Waals surface area contributed by atoms with Gasteiger partial charge in [-0.3, -0.25) is 0 Å². The normalized spacial score (nSPS) is 11.1. The molecule has 0 N–H and O–H groups in total. The van der Waals surface area contributed by atoms with Gasteiger partial charge in [0, 0.05) is 32.0 Å². The topological polar surface area (TPSA) is 12.5 Å². The van der Waals surface area contributed by atoms with E-state index >= 15 is 0 Å². The molecule has 0 saturated heterocycles. The maximum atomic E-state index is 5.54. The third kappa shape index (κ3) is 13.4. The molecular formula is C15H29NO. The fourth-order valence-corrected chi connectivity index (χ4v) is 1.65. The van der Waals surface area contributed by atoms with Gasteiger partial charge in [0.25, 0.3) is 0 Å². The first kappa shape index (κ1) is 16.5. The smallest absolute Gasteiger partial charge is 0.0575 e. The predicted molar refractivity (Wildman–Crippen MR) is 75.0 cm³/mol. The van der Waals surface area contributed by atoms with Gasteiger partial charge in [0.2, 0.25) is 0 Å². The molecule has 0 unspecified atom stereocenters. The average Bonchev–Trinajstić information content (AvgIpc) is 2.20. The minimum Gasteiger partial charge on any atom is -0.380 e. The van der Waals surface area contributed by atoms with Gasteiger partial charge in [-0.1, -0.05) is 27.7 Å². The first-order valence-corrected chi connectivity index (χ1v) is 6.77. The van der Waals surface area contributed by atoms with Crippen molar-refractivity contribution < 1.29 is 4.74 Å². The predicted octanol–water partition coefficient (Wildman–Crippen LogP) is 3.03. The second-order valence-corrected chi connectivity index (χ2v) is 5.35. The molecule has 0 fully saturated rings. The summed E-state index contributed by atoms with van der Waals surface area (Å²) >= 11 is 0. The molecule has 0 aliphatic carbocycles. The molecule has 17 heavy (non-hydrogen) atoms. The molecule has 0 aromatic carbocycles. The van der Waals surface area contributed by atoms with Crippen molar-refractivity contribution in [3.8, 4) is 11.8 Å². The SMILES string of the molecule is CC(C)C#CCCOCCCN(C)CC(C)C. The van der Waals surface area contributed by atoms with Crippen molar-refractivity contribution in [2.75, 3.05) is 33.4 Å². The van der Waals surface area contributed by atoms with E-state index < -0.39 is 0 Å². The molecule has 0 amide bonds. The van der Waals surface area contributed by atoms with Crippen molar-refractivity contribution in [1.82, 2.24) is 4.90 Å². The summed E-state index contributed by atoms with van der Waals surface area (Å²) < 4.78 is 5.54. The van der Waals surface area contributed by atoms with Gasteiger partial charge in [0.1, 0.15) is 0 Å². The van der Waals surface area contributed by atoms with Gasteiger partial charge < -0.3 is 9.64 Å². The van der Waals surface area contributed by atoms with Gasteiger partial charge in [0.05, 0.1) is 6.61 Å². The number of ether oxygens (including phenoxy) is 1.